The van der Waals surface area contributed by atoms with E-state index in [2.05, 4.69) is 15.3 Å². The van der Waals surface area contributed by atoms with E-state index < -0.39 is 0 Å². The Bertz CT molecular complexity index is 633. The summed E-state index contributed by atoms with van der Waals surface area (Å²) in [4.78, 5) is 7.78. The van der Waals surface area contributed by atoms with Gasteiger partial charge in [-0.05, 0) is 12.1 Å². The number of nitrogens with zero attached hydrogens (tertiary/aromatic N) is 2. The number of aromatic nitrogens is 2. The lowest BCUT2D eigenvalue weighted by molar-refractivity contribution is 0.174. The maximum Gasteiger partial charge on any atom is 0.231 e. The molecule has 0 bridgehead atoms. The molecule has 1 aliphatic rings. The van der Waals surface area contributed by atoms with Crippen molar-refractivity contribution in [3.63, 3.8) is 0 Å². The second kappa shape index (κ2) is 5.92. The molecule has 7 nitrogen and oxygen atoms in total. The fourth-order valence-corrected chi connectivity index (χ4v) is 2.03. The summed E-state index contributed by atoms with van der Waals surface area (Å²) >= 11 is 5.78. The third-order valence-electron chi connectivity index (χ3n) is 2.73. The molecule has 1 aromatic heterocycles. The van der Waals surface area contributed by atoms with E-state index in [9.17, 15) is 0 Å². The number of ether oxygens (including phenoxy) is 3. The fraction of sp³-hybridized carbons (Fsp3) is 0.231. The number of hydrogen-bond donors (Lipinski definition) is 2. The van der Waals surface area contributed by atoms with Crippen LogP contribution in [-0.2, 0) is 0 Å². The molecule has 0 fully saturated rings. The normalized spacial score (nSPS) is 12.2. The quantitative estimate of drug-likeness (QED) is 0.644. The number of fused-ring (bicyclic) bond motifs is 1. The van der Waals surface area contributed by atoms with E-state index in [1.54, 1.807) is 12.1 Å². The molecule has 0 amide bonds. The van der Waals surface area contributed by atoms with Crippen molar-refractivity contribution >= 4 is 23.4 Å². The standard InChI is InChI=1S/C13H13ClN4O3/c14-11-6-12(18-13(15)17-11)16-3-4-19-8-1-2-9-10(5-8)21-7-20-9/h1-2,5-6H,3-4,7H2,(H3,15,16,17,18). The average Bonchev–Trinajstić information content (AvgIpc) is 2.90. The molecule has 3 rings (SSSR count). The maximum absolute atomic E-state index is 5.78. The Morgan fingerprint density at radius 2 is 2.10 bits per heavy atom. The zero-order chi connectivity index (χ0) is 14.7. The van der Waals surface area contributed by atoms with Gasteiger partial charge in [-0.1, -0.05) is 11.6 Å². The lowest BCUT2D eigenvalue weighted by Gasteiger charge is -2.09. The molecular formula is C13H13ClN4O3. The van der Waals surface area contributed by atoms with Gasteiger partial charge in [0.05, 0.1) is 6.54 Å². The van der Waals surface area contributed by atoms with Crippen molar-refractivity contribution in [2.24, 2.45) is 0 Å². The number of nitrogens with one attached hydrogen (secondary N) is 1. The van der Waals surface area contributed by atoms with E-state index in [0.717, 1.165) is 5.75 Å². The lowest BCUT2D eigenvalue weighted by atomic mass is 10.3. The molecule has 0 saturated heterocycles. The summed E-state index contributed by atoms with van der Waals surface area (Å²) in [6.07, 6.45) is 0. The van der Waals surface area contributed by atoms with Crippen molar-refractivity contribution in [1.29, 1.82) is 0 Å². The van der Waals surface area contributed by atoms with Gasteiger partial charge < -0.3 is 25.3 Å². The van der Waals surface area contributed by atoms with Gasteiger partial charge in [0.1, 0.15) is 23.3 Å². The molecule has 0 atom stereocenters. The number of halogens is 1. The number of benzene rings is 1. The van der Waals surface area contributed by atoms with E-state index in [0.29, 0.717) is 35.6 Å². The molecule has 1 aliphatic heterocycles. The predicted molar refractivity (Wildman–Crippen MR) is 78.0 cm³/mol. The summed E-state index contributed by atoms with van der Waals surface area (Å²) < 4.78 is 16.1. The molecule has 0 radical (unpaired) electrons. The number of nitrogens with two attached hydrogens (primary N) is 1. The van der Waals surface area contributed by atoms with E-state index in [1.807, 2.05) is 12.1 Å². The number of nitrogen functional groups attached to an aromatic ring is 1. The van der Waals surface area contributed by atoms with Crippen LogP contribution in [0.15, 0.2) is 24.3 Å². The molecule has 110 valence electrons. The molecule has 8 heteroatoms. The Labute approximate surface area is 126 Å². The molecule has 2 heterocycles. The van der Waals surface area contributed by atoms with Crippen LogP contribution in [0.4, 0.5) is 11.8 Å². The maximum atomic E-state index is 5.78. The SMILES string of the molecule is Nc1nc(Cl)cc(NCCOc2ccc3c(c2)OCO3)n1. The van der Waals surface area contributed by atoms with Gasteiger partial charge in [0, 0.05) is 12.1 Å². The van der Waals surface area contributed by atoms with Crippen molar-refractivity contribution in [1.82, 2.24) is 9.97 Å². The highest BCUT2D eigenvalue weighted by molar-refractivity contribution is 6.29. The highest BCUT2D eigenvalue weighted by Crippen LogP contribution is 2.34. The molecule has 0 unspecified atom stereocenters. The highest BCUT2D eigenvalue weighted by atomic mass is 35.5. The first-order chi connectivity index (χ1) is 10.2. The van der Waals surface area contributed by atoms with Crippen LogP contribution >= 0.6 is 11.6 Å². The number of hydrogen-bond acceptors (Lipinski definition) is 7. The number of rotatable bonds is 5. The van der Waals surface area contributed by atoms with Gasteiger partial charge in [-0.3, -0.25) is 0 Å². The van der Waals surface area contributed by atoms with Gasteiger partial charge >= 0.3 is 0 Å². The Kier molecular flexibility index (Phi) is 3.83. The summed E-state index contributed by atoms with van der Waals surface area (Å²) in [6, 6.07) is 7.03. The van der Waals surface area contributed by atoms with E-state index in [4.69, 9.17) is 31.5 Å². The predicted octanol–water partition coefficient (Wildman–Crippen LogP) is 1.93. The molecule has 2 aromatic rings. The average molecular weight is 309 g/mol. The summed E-state index contributed by atoms with van der Waals surface area (Å²) in [5.74, 6) is 2.81. The third-order valence-corrected chi connectivity index (χ3v) is 2.93. The van der Waals surface area contributed by atoms with E-state index in [1.165, 1.54) is 0 Å². The second-order valence-corrected chi connectivity index (χ2v) is 4.61. The molecule has 1 aromatic carbocycles. The first-order valence-corrected chi connectivity index (χ1v) is 6.65. The Morgan fingerprint density at radius 3 is 2.95 bits per heavy atom. The highest BCUT2D eigenvalue weighted by Gasteiger charge is 2.13. The molecule has 0 spiro atoms. The van der Waals surface area contributed by atoms with E-state index >= 15 is 0 Å². The van der Waals surface area contributed by atoms with Crippen LogP contribution in [0, 0.1) is 0 Å². The van der Waals surface area contributed by atoms with Gasteiger partial charge in [-0.2, -0.15) is 4.98 Å². The van der Waals surface area contributed by atoms with Gasteiger partial charge in [-0.15, -0.1) is 0 Å². The summed E-state index contributed by atoms with van der Waals surface area (Å²) in [6.45, 7) is 1.23. The Hall–Kier alpha value is -2.41. The van der Waals surface area contributed by atoms with E-state index in [-0.39, 0.29) is 12.7 Å². The largest absolute Gasteiger partial charge is 0.492 e. The molecule has 0 saturated carbocycles. The van der Waals surface area contributed by atoms with Gasteiger partial charge in [0.2, 0.25) is 12.7 Å². The van der Waals surface area contributed by atoms with Crippen LogP contribution in [0.3, 0.4) is 0 Å². The molecule has 3 N–H and O–H groups in total. The minimum atomic E-state index is 0.127. The van der Waals surface area contributed by atoms with Crippen LogP contribution in [0.25, 0.3) is 0 Å². The first kappa shape index (κ1) is 13.6. The van der Waals surface area contributed by atoms with Gasteiger partial charge in [-0.25, -0.2) is 4.98 Å². The van der Waals surface area contributed by atoms with Crippen molar-refractivity contribution in [3.05, 3.63) is 29.4 Å². The smallest absolute Gasteiger partial charge is 0.231 e. The minimum absolute atomic E-state index is 0.127. The molecule has 21 heavy (non-hydrogen) atoms. The Morgan fingerprint density at radius 1 is 1.24 bits per heavy atom. The van der Waals surface area contributed by atoms with Crippen molar-refractivity contribution in [2.45, 2.75) is 0 Å². The van der Waals surface area contributed by atoms with Gasteiger partial charge in [0.25, 0.3) is 0 Å². The summed E-state index contributed by atoms with van der Waals surface area (Å²) in [5.41, 5.74) is 5.50. The van der Waals surface area contributed by atoms with Crippen LogP contribution in [-0.4, -0.2) is 29.9 Å². The second-order valence-electron chi connectivity index (χ2n) is 4.22. The number of anilines is 2. The summed E-state index contributed by atoms with van der Waals surface area (Å²) in [5, 5.41) is 3.35. The van der Waals surface area contributed by atoms with Crippen LogP contribution in [0.2, 0.25) is 5.15 Å². The lowest BCUT2D eigenvalue weighted by Crippen LogP contribution is -2.13. The minimum Gasteiger partial charge on any atom is -0.492 e. The van der Waals surface area contributed by atoms with Crippen LogP contribution in [0.5, 0.6) is 17.2 Å². The van der Waals surface area contributed by atoms with Crippen LogP contribution < -0.4 is 25.3 Å². The third kappa shape index (κ3) is 3.38. The topological polar surface area (TPSA) is 91.5 Å². The van der Waals surface area contributed by atoms with Crippen molar-refractivity contribution in [2.75, 3.05) is 31.0 Å². The zero-order valence-corrected chi connectivity index (χ0v) is 11.8. The van der Waals surface area contributed by atoms with Crippen molar-refractivity contribution in [3.8, 4) is 17.2 Å². The Balaban J connectivity index is 1.50. The monoisotopic (exact) mass is 308 g/mol. The molecular weight excluding hydrogens is 296 g/mol. The fourth-order valence-electron chi connectivity index (χ4n) is 1.84. The zero-order valence-electron chi connectivity index (χ0n) is 11.0. The van der Waals surface area contributed by atoms with Crippen molar-refractivity contribution < 1.29 is 14.2 Å². The van der Waals surface area contributed by atoms with Gasteiger partial charge in [0.15, 0.2) is 11.5 Å². The summed E-state index contributed by atoms with van der Waals surface area (Å²) in [7, 11) is 0. The van der Waals surface area contributed by atoms with Crippen LogP contribution in [0.1, 0.15) is 0 Å². The first-order valence-electron chi connectivity index (χ1n) is 6.27. The molecule has 0 aliphatic carbocycles.